The molecule has 0 atom stereocenters. The summed E-state index contributed by atoms with van der Waals surface area (Å²) in [6.45, 7) is 3.47. The van der Waals surface area contributed by atoms with E-state index >= 15 is 0 Å². The predicted octanol–water partition coefficient (Wildman–Crippen LogP) is 2.69. The molecule has 1 aromatic carbocycles. The maximum atomic E-state index is 13.8. The van der Waals surface area contributed by atoms with Crippen molar-refractivity contribution in [2.75, 3.05) is 17.7 Å². The third kappa shape index (κ3) is 3.86. The fourth-order valence-corrected chi connectivity index (χ4v) is 3.03. The summed E-state index contributed by atoms with van der Waals surface area (Å²) in [4.78, 5) is 15.7. The van der Waals surface area contributed by atoms with Crippen LogP contribution >= 0.6 is 11.8 Å². The van der Waals surface area contributed by atoms with Crippen molar-refractivity contribution in [1.29, 1.82) is 0 Å². The quantitative estimate of drug-likeness (QED) is 0.384. The zero-order chi connectivity index (χ0) is 18.9. The maximum Gasteiger partial charge on any atom is 0.199 e. The number of H-pyrrole nitrogens is 1. The molecule has 0 spiro atoms. The lowest BCUT2D eigenvalue weighted by Gasteiger charge is -2.24. The highest BCUT2D eigenvalue weighted by Gasteiger charge is 2.21. The van der Waals surface area contributed by atoms with E-state index in [4.69, 9.17) is 5.73 Å². The number of hydrogen-bond acceptors (Lipinski definition) is 7. The van der Waals surface area contributed by atoms with Gasteiger partial charge in [-0.25, -0.2) is 23.7 Å². The van der Waals surface area contributed by atoms with Gasteiger partial charge in [0.25, 0.3) is 0 Å². The Morgan fingerprint density at radius 2 is 2.04 bits per heavy atom. The Morgan fingerprint density at radius 1 is 1.27 bits per heavy atom. The lowest BCUT2D eigenvalue weighted by Crippen LogP contribution is -2.35. The minimum absolute atomic E-state index is 0.130. The molecule has 2 heterocycles. The number of fused-ring (bicyclic) bond motifs is 1. The minimum atomic E-state index is -0.895. The fourth-order valence-electron chi connectivity index (χ4n) is 2.21. The van der Waals surface area contributed by atoms with Crippen molar-refractivity contribution in [1.82, 2.24) is 19.9 Å². The molecule has 7 nitrogen and oxygen atoms in total. The van der Waals surface area contributed by atoms with Crippen LogP contribution in [-0.4, -0.2) is 37.2 Å². The number of nitrogen functional groups attached to an aromatic ring is 1. The van der Waals surface area contributed by atoms with Crippen LogP contribution in [0.3, 0.4) is 0 Å². The highest BCUT2D eigenvalue weighted by atomic mass is 32.2. The number of nitrogens with two attached hydrogens (primary N) is 1. The Kier molecular flexibility index (Phi) is 4.97. The molecule has 3 aromatic rings. The topological polar surface area (TPSA) is 113 Å². The lowest BCUT2D eigenvalue weighted by molar-refractivity contribution is 0.234. The number of hydrogen-bond donors (Lipinski definition) is 4. The van der Waals surface area contributed by atoms with E-state index in [1.165, 1.54) is 12.1 Å². The molecule has 0 unspecified atom stereocenters. The zero-order valence-electron chi connectivity index (χ0n) is 14.2. The average Bonchev–Trinajstić information content (AvgIpc) is 2.96. The summed E-state index contributed by atoms with van der Waals surface area (Å²) in [5, 5.41) is 12.9. The molecule has 0 saturated heterocycles. The fraction of sp³-hybridized carbons (Fsp3) is 0.312. The van der Waals surface area contributed by atoms with Gasteiger partial charge in [0.2, 0.25) is 0 Å². The highest BCUT2D eigenvalue weighted by molar-refractivity contribution is 7.98. The number of rotatable bonds is 6. The molecule has 0 fully saturated rings. The summed E-state index contributed by atoms with van der Waals surface area (Å²) in [6, 6.07) is 4.02. The number of halogens is 2. The first kappa shape index (κ1) is 18.3. The number of nitrogens with one attached hydrogen (secondary N) is 2. The van der Waals surface area contributed by atoms with E-state index in [9.17, 15) is 13.9 Å². The molecule has 3 rings (SSSR count). The van der Waals surface area contributed by atoms with Gasteiger partial charge >= 0.3 is 0 Å². The molecule has 0 bridgehead atoms. The van der Waals surface area contributed by atoms with E-state index < -0.39 is 17.2 Å². The van der Waals surface area contributed by atoms with Crippen LogP contribution in [0.5, 0.6) is 0 Å². The Morgan fingerprint density at radius 3 is 2.77 bits per heavy atom. The summed E-state index contributed by atoms with van der Waals surface area (Å²) < 4.78 is 27.1. The Labute approximate surface area is 152 Å². The summed E-state index contributed by atoms with van der Waals surface area (Å²) in [7, 11) is 0. The number of anilines is 2. The summed E-state index contributed by atoms with van der Waals surface area (Å²) in [5.41, 5.74) is 6.11. The number of imidazole rings is 1. The van der Waals surface area contributed by atoms with Crippen LogP contribution in [-0.2, 0) is 5.75 Å². The van der Waals surface area contributed by atoms with Gasteiger partial charge in [-0.15, -0.1) is 0 Å². The molecule has 0 aliphatic carbocycles. The average molecular weight is 380 g/mol. The number of aliphatic hydroxyl groups excluding tert-OH is 1. The van der Waals surface area contributed by atoms with Gasteiger partial charge in [-0.05, 0) is 19.9 Å². The van der Waals surface area contributed by atoms with Gasteiger partial charge in [-0.2, -0.15) is 0 Å². The minimum Gasteiger partial charge on any atom is -0.394 e. The number of benzene rings is 1. The van der Waals surface area contributed by atoms with Gasteiger partial charge in [-0.3, -0.25) is 0 Å². The monoisotopic (exact) mass is 380 g/mol. The SMILES string of the molecule is CC(C)(CO)Nc1nc(SCc2cccc(F)c2F)nc2[nH]c(N)nc12. The van der Waals surface area contributed by atoms with Gasteiger partial charge in [0.1, 0.15) is 0 Å². The van der Waals surface area contributed by atoms with E-state index in [1.807, 2.05) is 0 Å². The predicted molar refractivity (Wildman–Crippen MR) is 96.8 cm³/mol. The van der Waals surface area contributed by atoms with Crippen molar-refractivity contribution < 1.29 is 13.9 Å². The van der Waals surface area contributed by atoms with E-state index in [1.54, 1.807) is 13.8 Å². The van der Waals surface area contributed by atoms with Crippen LogP contribution < -0.4 is 11.1 Å². The molecular formula is C16H18F2N6OS. The molecule has 0 saturated carbocycles. The zero-order valence-corrected chi connectivity index (χ0v) is 15.0. The van der Waals surface area contributed by atoms with Crippen molar-refractivity contribution in [3.05, 3.63) is 35.4 Å². The summed E-state index contributed by atoms with van der Waals surface area (Å²) in [6.07, 6.45) is 0. The molecule has 26 heavy (non-hydrogen) atoms. The van der Waals surface area contributed by atoms with Crippen molar-refractivity contribution in [3.8, 4) is 0 Å². The maximum absolute atomic E-state index is 13.8. The third-order valence-electron chi connectivity index (χ3n) is 3.58. The van der Waals surface area contributed by atoms with Gasteiger partial charge < -0.3 is 21.1 Å². The molecule has 0 aliphatic rings. The smallest absolute Gasteiger partial charge is 0.199 e. The van der Waals surface area contributed by atoms with Crippen LogP contribution in [0.4, 0.5) is 20.5 Å². The second-order valence-corrected chi connectivity index (χ2v) is 7.29. The normalized spacial score (nSPS) is 11.9. The van der Waals surface area contributed by atoms with E-state index in [-0.39, 0.29) is 23.9 Å². The number of aromatic amines is 1. The molecule has 5 N–H and O–H groups in total. The number of thioether (sulfide) groups is 1. The second-order valence-electron chi connectivity index (χ2n) is 6.34. The highest BCUT2D eigenvalue weighted by Crippen LogP contribution is 2.28. The molecule has 2 aromatic heterocycles. The van der Waals surface area contributed by atoms with Gasteiger partial charge in [0, 0.05) is 11.3 Å². The summed E-state index contributed by atoms with van der Waals surface area (Å²) >= 11 is 1.15. The number of aromatic nitrogens is 4. The van der Waals surface area contributed by atoms with Gasteiger partial charge in [-0.1, -0.05) is 23.9 Å². The lowest BCUT2D eigenvalue weighted by atomic mass is 10.1. The standard InChI is InChI=1S/C16H18F2N6OS/c1-16(2,7-25)24-13-11-12(21-14(19)20-11)22-15(23-13)26-6-8-4-3-5-9(17)10(8)18/h3-5,25H,6-7H2,1-2H3,(H4,19,20,21,22,23,24). The van der Waals surface area contributed by atoms with Crippen molar-refractivity contribution >= 4 is 34.7 Å². The number of nitrogens with zero attached hydrogens (tertiary/aromatic N) is 3. The van der Waals surface area contributed by atoms with Gasteiger partial charge in [0.15, 0.2) is 39.7 Å². The Balaban J connectivity index is 1.92. The molecule has 0 amide bonds. The van der Waals surface area contributed by atoms with Crippen LogP contribution in [0, 0.1) is 11.6 Å². The summed E-state index contributed by atoms with van der Waals surface area (Å²) in [5.74, 6) is -1.05. The first-order valence-corrected chi connectivity index (χ1v) is 8.75. The van der Waals surface area contributed by atoms with E-state index in [2.05, 4.69) is 25.3 Å². The first-order valence-electron chi connectivity index (χ1n) is 7.77. The van der Waals surface area contributed by atoms with Crippen LogP contribution in [0.2, 0.25) is 0 Å². The van der Waals surface area contributed by atoms with Crippen molar-refractivity contribution in [2.45, 2.75) is 30.3 Å². The second kappa shape index (κ2) is 7.04. The van der Waals surface area contributed by atoms with Crippen LogP contribution in [0.25, 0.3) is 11.2 Å². The molecule has 0 aliphatic heterocycles. The Hall–Kier alpha value is -2.46. The first-order chi connectivity index (χ1) is 12.3. The molecule has 10 heteroatoms. The van der Waals surface area contributed by atoms with Crippen LogP contribution in [0.1, 0.15) is 19.4 Å². The van der Waals surface area contributed by atoms with Crippen LogP contribution in [0.15, 0.2) is 23.4 Å². The van der Waals surface area contributed by atoms with Gasteiger partial charge in [0.05, 0.1) is 12.1 Å². The van der Waals surface area contributed by atoms with E-state index in [0.717, 1.165) is 17.8 Å². The van der Waals surface area contributed by atoms with Crippen molar-refractivity contribution in [2.24, 2.45) is 0 Å². The van der Waals surface area contributed by atoms with E-state index in [0.29, 0.717) is 22.1 Å². The largest absolute Gasteiger partial charge is 0.394 e. The molecule has 0 radical (unpaired) electrons. The molecular weight excluding hydrogens is 362 g/mol. The van der Waals surface area contributed by atoms with Crippen molar-refractivity contribution in [3.63, 3.8) is 0 Å². The molecule has 138 valence electrons. The number of aliphatic hydroxyl groups is 1. The Bertz CT molecular complexity index is 946. The third-order valence-corrected chi connectivity index (χ3v) is 4.48.